The molecule has 2 aliphatic rings. The average Bonchev–Trinajstić information content (AvgIpc) is 3.13. The summed E-state index contributed by atoms with van der Waals surface area (Å²) in [4.78, 5) is 12.8. The lowest BCUT2D eigenvalue weighted by Gasteiger charge is -2.13. The van der Waals surface area contributed by atoms with Gasteiger partial charge in [0.15, 0.2) is 5.78 Å². The van der Waals surface area contributed by atoms with Crippen LogP contribution in [-0.4, -0.2) is 5.78 Å². The van der Waals surface area contributed by atoms with Crippen molar-refractivity contribution in [1.29, 1.82) is 0 Å². The van der Waals surface area contributed by atoms with Crippen LogP contribution < -0.4 is 0 Å². The van der Waals surface area contributed by atoms with Gasteiger partial charge in [0.1, 0.15) is 5.57 Å². The van der Waals surface area contributed by atoms with E-state index in [2.05, 4.69) is 5.73 Å². The molecule has 1 heterocycles. The Kier molecular flexibility index (Phi) is 2.35. The van der Waals surface area contributed by atoms with Crippen LogP contribution in [-0.2, 0) is 0 Å². The van der Waals surface area contributed by atoms with Crippen LogP contribution in [0.5, 0.6) is 0 Å². The minimum Gasteiger partial charge on any atom is -0.289 e. The molecule has 2 nitrogen and oxygen atoms in total. The lowest BCUT2D eigenvalue weighted by Crippen LogP contribution is -2.09. The van der Waals surface area contributed by atoms with Crippen molar-refractivity contribution in [1.82, 2.24) is 0 Å². The molecular weight excluding hydrogens is 284 g/mol. The fraction of sp³-hybridized carbons (Fsp3) is 0. The van der Waals surface area contributed by atoms with E-state index in [0.29, 0.717) is 11.1 Å². The molecule has 5 rings (SSSR count). The first-order chi connectivity index (χ1) is 11.3. The standard InChI is InChI=1S/C21H11O2/c22-20-15-9-3-4-10-16(15)21-19-14(8-5-11-17(19)20)12-18(23-21)13-6-1-2-7-13/h1-6,8-12H/q+1. The number of hydrogen-bond donors (Lipinski definition) is 0. The molecule has 0 saturated heterocycles. The van der Waals surface area contributed by atoms with E-state index in [4.69, 9.17) is 4.42 Å². The van der Waals surface area contributed by atoms with Gasteiger partial charge in [0, 0.05) is 16.5 Å². The highest BCUT2D eigenvalue weighted by Gasteiger charge is 2.34. The van der Waals surface area contributed by atoms with E-state index >= 15 is 0 Å². The number of carbonyl (C=O) groups is 1. The molecule has 0 spiro atoms. The molecule has 0 bridgehead atoms. The summed E-state index contributed by atoms with van der Waals surface area (Å²) in [5.74, 6) is 1.58. The third-order valence-electron chi connectivity index (χ3n) is 4.35. The zero-order valence-corrected chi connectivity index (χ0v) is 12.2. The molecule has 1 aromatic heterocycles. The van der Waals surface area contributed by atoms with Gasteiger partial charge in [-0.25, -0.2) is 4.42 Å². The van der Waals surface area contributed by atoms with E-state index in [1.54, 1.807) is 0 Å². The summed E-state index contributed by atoms with van der Waals surface area (Å²) in [6.45, 7) is 0. The Hall–Kier alpha value is -3.22. The van der Waals surface area contributed by atoms with Crippen LogP contribution in [0, 0.1) is 0 Å². The average molecular weight is 295 g/mol. The summed E-state index contributed by atoms with van der Waals surface area (Å²) in [7, 11) is 0. The molecule has 23 heavy (non-hydrogen) atoms. The molecule has 0 unspecified atom stereocenters. The predicted octanol–water partition coefficient (Wildman–Crippen LogP) is 5.03. The van der Waals surface area contributed by atoms with E-state index < -0.39 is 0 Å². The summed E-state index contributed by atoms with van der Waals surface area (Å²) >= 11 is 0. The third-order valence-corrected chi connectivity index (χ3v) is 4.35. The van der Waals surface area contributed by atoms with Crippen molar-refractivity contribution < 1.29 is 9.21 Å². The number of carbonyl (C=O) groups excluding carboxylic acids is 1. The van der Waals surface area contributed by atoms with Crippen LogP contribution in [0.2, 0.25) is 0 Å². The van der Waals surface area contributed by atoms with Gasteiger partial charge in [-0.3, -0.25) is 4.79 Å². The molecule has 0 saturated carbocycles. The monoisotopic (exact) mass is 295 g/mol. The van der Waals surface area contributed by atoms with Crippen LogP contribution in [0.1, 0.15) is 21.7 Å². The molecule has 0 aliphatic heterocycles. The SMILES string of the molecule is O=C1c2ccccc2-c2[o+]c(C3=C=CC=C3)cc3cccc1c23. The Bertz CT molecular complexity index is 1110. The highest BCUT2D eigenvalue weighted by molar-refractivity contribution is 6.25. The second-order valence-corrected chi connectivity index (χ2v) is 5.67. The minimum atomic E-state index is 0.0570. The van der Waals surface area contributed by atoms with Gasteiger partial charge in [-0.1, -0.05) is 42.5 Å². The topological polar surface area (TPSA) is 28.4 Å². The van der Waals surface area contributed by atoms with Crippen LogP contribution >= 0.6 is 0 Å². The Morgan fingerprint density at radius 3 is 2.57 bits per heavy atom. The predicted molar refractivity (Wildman–Crippen MR) is 90.1 cm³/mol. The van der Waals surface area contributed by atoms with Crippen LogP contribution in [0.25, 0.3) is 27.7 Å². The molecule has 2 aliphatic carbocycles. The maximum Gasteiger partial charge on any atom is 0.370 e. The van der Waals surface area contributed by atoms with Gasteiger partial charge in [-0.05, 0) is 18.2 Å². The van der Waals surface area contributed by atoms with Crippen LogP contribution in [0.15, 0.2) is 76.9 Å². The number of hydrogen-bond acceptors (Lipinski definition) is 1. The maximum absolute atomic E-state index is 12.8. The third kappa shape index (κ3) is 1.64. The smallest absolute Gasteiger partial charge is 0.289 e. The van der Waals surface area contributed by atoms with Crippen LogP contribution in [0.3, 0.4) is 0 Å². The molecule has 0 amide bonds. The molecule has 3 aromatic rings. The van der Waals surface area contributed by atoms with Crippen molar-refractivity contribution in [3.8, 4) is 11.3 Å². The summed E-state index contributed by atoms with van der Waals surface area (Å²) in [5.41, 5.74) is 6.35. The summed E-state index contributed by atoms with van der Waals surface area (Å²) in [5, 5.41) is 1.91. The fourth-order valence-electron chi connectivity index (χ4n) is 3.29. The lowest BCUT2D eigenvalue weighted by atomic mass is 9.86. The zero-order chi connectivity index (χ0) is 15.4. The van der Waals surface area contributed by atoms with Gasteiger partial charge in [0.05, 0.1) is 17.0 Å². The number of rotatable bonds is 1. The first-order valence-electron chi connectivity index (χ1n) is 7.51. The number of benzene rings is 2. The van der Waals surface area contributed by atoms with E-state index in [9.17, 15) is 4.79 Å². The van der Waals surface area contributed by atoms with Gasteiger partial charge >= 0.3 is 11.5 Å². The number of fused-ring (bicyclic) bond motifs is 2. The summed E-state index contributed by atoms with van der Waals surface area (Å²) in [6.07, 6.45) is 5.78. The maximum atomic E-state index is 12.8. The molecule has 106 valence electrons. The van der Waals surface area contributed by atoms with E-state index in [0.717, 1.165) is 33.4 Å². The zero-order valence-electron chi connectivity index (χ0n) is 12.2. The van der Waals surface area contributed by atoms with Crippen molar-refractivity contribution in [2.45, 2.75) is 0 Å². The van der Waals surface area contributed by atoms with Crippen molar-refractivity contribution in [2.24, 2.45) is 0 Å². The highest BCUT2D eigenvalue weighted by atomic mass is 16.3. The van der Waals surface area contributed by atoms with Gasteiger partial charge in [-0.2, -0.15) is 0 Å². The second kappa shape index (κ2) is 4.39. The quantitative estimate of drug-likeness (QED) is 0.364. The Labute approximate surface area is 132 Å². The number of allylic oxidation sites excluding steroid dienone is 3. The van der Waals surface area contributed by atoms with Gasteiger partial charge < -0.3 is 0 Å². The molecule has 0 N–H and O–H groups in total. The molecule has 0 atom stereocenters. The Balaban J connectivity index is 1.95. The normalized spacial score (nSPS) is 14.3. The largest absolute Gasteiger partial charge is 0.370 e. The van der Waals surface area contributed by atoms with E-state index in [1.807, 2.05) is 66.8 Å². The molecule has 2 aromatic carbocycles. The second-order valence-electron chi connectivity index (χ2n) is 5.67. The van der Waals surface area contributed by atoms with Crippen molar-refractivity contribution in [3.05, 3.63) is 89.4 Å². The first-order valence-corrected chi connectivity index (χ1v) is 7.51. The van der Waals surface area contributed by atoms with Gasteiger partial charge in [0.25, 0.3) is 0 Å². The fourth-order valence-corrected chi connectivity index (χ4v) is 3.29. The molecule has 0 fully saturated rings. The highest BCUT2D eigenvalue weighted by Crippen LogP contribution is 2.41. The Morgan fingerprint density at radius 2 is 1.74 bits per heavy atom. The molecular formula is C21H11O2+. The molecule has 0 radical (unpaired) electrons. The van der Waals surface area contributed by atoms with Crippen molar-refractivity contribution in [3.63, 3.8) is 0 Å². The lowest BCUT2D eigenvalue weighted by molar-refractivity contribution is 0.103. The summed E-state index contributed by atoms with van der Waals surface area (Å²) < 4.78 is 6.21. The van der Waals surface area contributed by atoms with Gasteiger partial charge in [-0.15, -0.1) is 5.73 Å². The first kappa shape index (κ1) is 12.3. The summed E-state index contributed by atoms with van der Waals surface area (Å²) in [6, 6.07) is 15.4. The van der Waals surface area contributed by atoms with E-state index in [-0.39, 0.29) is 5.78 Å². The van der Waals surface area contributed by atoms with E-state index in [1.165, 1.54) is 0 Å². The van der Waals surface area contributed by atoms with Crippen molar-refractivity contribution >= 4 is 22.1 Å². The Morgan fingerprint density at radius 1 is 0.913 bits per heavy atom. The van der Waals surface area contributed by atoms with Gasteiger partial charge in [0.2, 0.25) is 0 Å². The minimum absolute atomic E-state index is 0.0570. The van der Waals surface area contributed by atoms with Crippen LogP contribution in [0.4, 0.5) is 0 Å². The molecule has 2 heteroatoms. The number of ketones is 1. The van der Waals surface area contributed by atoms with Crippen molar-refractivity contribution in [2.75, 3.05) is 0 Å².